The van der Waals surface area contributed by atoms with Crippen LogP contribution in [0.1, 0.15) is 39.3 Å². The number of benzene rings is 1. The number of nitrogens with zero attached hydrogens (tertiary/aromatic N) is 1. The van der Waals surface area contributed by atoms with Crippen LogP contribution >= 0.6 is 24.0 Å². The summed E-state index contributed by atoms with van der Waals surface area (Å²) in [6.07, 6.45) is 1.22. The van der Waals surface area contributed by atoms with Gasteiger partial charge in [0.1, 0.15) is 15.6 Å². The summed E-state index contributed by atoms with van der Waals surface area (Å²) in [6, 6.07) is 8.00. The van der Waals surface area contributed by atoms with E-state index in [9.17, 15) is 8.42 Å². The first-order chi connectivity index (χ1) is 11.7. The average Bonchev–Trinajstić information content (AvgIpc) is 2.52. The van der Waals surface area contributed by atoms with E-state index in [1.54, 1.807) is 0 Å². The van der Waals surface area contributed by atoms with Gasteiger partial charge >= 0.3 is 0 Å². The van der Waals surface area contributed by atoms with Crippen LogP contribution in [0.15, 0.2) is 29.3 Å². The van der Waals surface area contributed by atoms with Crippen LogP contribution in [0.4, 0.5) is 0 Å². The molecule has 2 N–H and O–H groups in total. The quantitative estimate of drug-likeness (QED) is 0.312. The number of rotatable bonds is 9. The minimum atomic E-state index is -3.01. The monoisotopic (exact) mass is 497 g/mol. The van der Waals surface area contributed by atoms with Gasteiger partial charge in [0.2, 0.25) is 0 Å². The number of sulfone groups is 1. The van der Waals surface area contributed by atoms with Gasteiger partial charge in [-0.3, -0.25) is 4.99 Å². The molecule has 26 heavy (non-hydrogen) atoms. The fraction of sp³-hybridized carbons (Fsp3) is 0.611. The van der Waals surface area contributed by atoms with E-state index in [0.717, 1.165) is 11.3 Å². The minimum Gasteiger partial charge on any atom is -0.493 e. The van der Waals surface area contributed by atoms with E-state index in [1.165, 1.54) is 6.26 Å². The highest BCUT2D eigenvalue weighted by atomic mass is 127. The lowest BCUT2D eigenvalue weighted by molar-refractivity contribution is 0.271. The van der Waals surface area contributed by atoms with Gasteiger partial charge in [0, 0.05) is 12.8 Å². The van der Waals surface area contributed by atoms with Crippen molar-refractivity contribution in [2.75, 3.05) is 31.7 Å². The van der Waals surface area contributed by atoms with Crippen LogP contribution in [0.25, 0.3) is 0 Å². The van der Waals surface area contributed by atoms with Crippen molar-refractivity contribution in [3.63, 3.8) is 0 Å². The smallest absolute Gasteiger partial charge is 0.191 e. The summed E-state index contributed by atoms with van der Waals surface area (Å²) in [5.41, 5.74) is 1.10. The predicted molar refractivity (Wildman–Crippen MR) is 119 cm³/mol. The zero-order valence-electron chi connectivity index (χ0n) is 16.3. The lowest BCUT2D eigenvalue weighted by Gasteiger charge is -2.18. The van der Waals surface area contributed by atoms with E-state index in [4.69, 9.17) is 4.74 Å². The van der Waals surface area contributed by atoms with Crippen LogP contribution in [0.5, 0.6) is 5.75 Å². The Hall–Kier alpha value is -1.03. The summed E-state index contributed by atoms with van der Waals surface area (Å²) in [5.74, 6) is 2.00. The summed E-state index contributed by atoms with van der Waals surface area (Å²) in [6.45, 7) is 9.89. The molecule has 1 unspecified atom stereocenters. The Bertz CT molecular complexity index is 646. The molecule has 8 heteroatoms. The molecule has 1 aromatic carbocycles. The van der Waals surface area contributed by atoms with Crippen molar-refractivity contribution in [2.45, 2.75) is 33.7 Å². The summed E-state index contributed by atoms with van der Waals surface area (Å²) in [5, 5.41) is 6.43. The number of guanidine groups is 1. The zero-order valence-corrected chi connectivity index (χ0v) is 19.4. The maximum atomic E-state index is 11.2. The van der Waals surface area contributed by atoms with Crippen molar-refractivity contribution in [3.05, 3.63) is 29.8 Å². The van der Waals surface area contributed by atoms with Crippen LogP contribution in [0, 0.1) is 5.92 Å². The molecule has 0 aliphatic carbocycles. The van der Waals surface area contributed by atoms with Gasteiger partial charge in [0.05, 0.1) is 24.9 Å². The fourth-order valence-corrected chi connectivity index (χ4v) is 2.47. The third kappa shape index (κ3) is 10.8. The van der Waals surface area contributed by atoms with Crippen molar-refractivity contribution in [1.29, 1.82) is 0 Å². The Balaban J connectivity index is 0.00000625. The second-order valence-corrected chi connectivity index (χ2v) is 8.79. The molecule has 0 saturated heterocycles. The van der Waals surface area contributed by atoms with Gasteiger partial charge in [-0.05, 0) is 37.5 Å². The highest BCUT2D eigenvalue weighted by Crippen LogP contribution is 2.18. The van der Waals surface area contributed by atoms with Gasteiger partial charge in [0.15, 0.2) is 5.96 Å². The van der Waals surface area contributed by atoms with Crippen LogP contribution in [0.3, 0.4) is 0 Å². The van der Waals surface area contributed by atoms with E-state index >= 15 is 0 Å². The molecule has 150 valence electrons. The fourth-order valence-electron chi connectivity index (χ4n) is 2.05. The van der Waals surface area contributed by atoms with Gasteiger partial charge in [-0.2, -0.15) is 0 Å². The molecule has 0 bridgehead atoms. The lowest BCUT2D eigenvalue weighted by Crippen LogP contribution is -2.39. The second kappa shape index (κ2) is 12.4. The Labute approximate surface area is 175 Å². The first-order valence-corrected chi connectivity index (χ1v) is 10.7. The van der Waals surface area contributed by atoms with Crippen molar-refractivity contribution in [3.8, 4) is 5.75 Å². The molecular formula is C18H32IN3O3S. The summed E-state index contributed by atoms with van der Waals surface area (Å²) in [4.78, 5) is 4.32. The highest BCUT2D eigenvalue weighted by Gasteiger charge is 2.09. The first kappa shape index (κ1) is 25.0. The molecule has 0 aliphatic heterocycles. The Kier molecular flexibility index (Phi) is 11.9. The Morgan fingerprint density at radius 2 is 1.81 bits per heavy atom. The molecule has 0 heterocycles. The summed E-state index contributed by atoms with van der Waals surface area (Å²) in [7, 11) is -3.01. The van der Waals surface area contributed by atoms with E-state index in [0.29, 0.717) is 25.0 Å². The Morgan fingerprint density at radius 3 is 2.31 bits per heavy atom. The maximum Gasteiger partial charge on any atom is 0.191 e. The third-order valence-corrected chi connectivity index (χ3v) is 4.32. The van der Waals surface area contributed by atoms with E-state index < -0.39 is 9.84 Å². The van der Waals surface area contributed by atoms with E-state index in [1.807, 2.05) is 38.1 Å². The first-order valence-electron chi connectivity index (χ1n) is 8.66. The molecule has 0 aromatic heterocycles. The largest absolute Gasteiger partial charge is 0.493 e. The zero-order chi connectivity index (χ0) is 18.9. The van der Waals surface area contributed by atoms with Gasteiger partial charge in [-0.25, -0.2) is 8.42 Å². The van der Waals surface area contributed by atoms with Crippen LogP contribution in [0.2, 0.25) is 0 Å². The number of hydrogen-bond acceptors (Lipinski definition) is 4. The topological polar surface area (TPSA) is 79.8 Å². The highest BCUT2D eigenvalue weighted by molar-refractivity contribution is 14.0. The molecular weight excluding hydrogens is 465 g/mol. The predicted octanol–water partition coefficient (Wildman–Crippen LogP) is 3.00. The van der Waals surface area contributed by atoms with Crippen molar-refractivity contribution < 1.29 is 13.2 Å². The molecule has 0 radical (unpaired) electrons. The van der Waals surface area contributed by atoms with E-state index in [2.05, 4.69) is 29.5 Å². The van der Waals surface area contributed by atoms with Crippen LogP contribution in [-0.2, 0) is 9.84 Å². The number of ether oxygens (including phenoxy) is 1. The van der Waals surface area contributed by atoms with Gasteiger partial charge < -0.3 is 15.4 Å². The third-order valence-electron chi connectivity index (χ3n) is 3.39. The number of aliphatic imine (C=N–C) groups is 1. The van der Waals surface area contributed by atoms with Crippen molar-refractivity contribution in [1.82, 2.24) is 10.6 Å². The van der Waals surface area contributed by atoms with Crippen LogP contribution < -0.4 is 15.4 Å². The van der Waals surface area contributed by atoms with Crippen molar-refractivity contribution >= 4 is 39.8 Å². The molecule has 0 fully saturated rings. The lowest BCUT2D eigenvalue weighted by atomic mass is 10.1. The second-order valence-electron chi connectivity index (χ2n) is 6.53. The minimum absolute atomic E-state index is 0. The molecule has 0 amide bonds. The van der Waals surface area contributed by atoms with Crippen molar-refractivity contribution in [2.24, 2.45) is 10.9 Å². The van der Waals surface area contributed by atoms with E-state index in [-0.39, 0.29) is 42.3 Å². The normalized spacial score (nSPS) is 13.1. The van der Waals surface area contributed by atoms with Crippen LogP contribution in [-0.4, -0.2) is 46.1 Å². The Morgan fingerprint density at radius 1 is 1.19 bits per heavy atom. The molecule has 0 aliphatic rings. The van der Waals surface area contributed by atoms with Gasteiger partial charge in [-0.1, -0.05) is 26.0 Å². The SMILES string of the molecule is CCNC(=NCCS(C)(=O)=O)NC(C)c1ccc(OCC(C)C)cc1.I. The summed E-state index contributed by atoms with van der Waals surface area (Å²) < 4.78 is 28.1. The maximum absolute atomic E-state index is 11.2. The molecule has 0 saturated carbocycles. The molecule has 0 spiro atoms. The average molecular weight is 497 g/mol. The summed E-state index contributed by atoms with van der Waals surface area (Å²) >= 11 is 0. The number of hydrogen-bond donors (Lipinski definition) is 2. The number of halogens is 1. The van der Waals surface area contributed by atoms with Gasteiger partial charge in [-0.15, -0.1) is 24.0 Å². The standard InChI is InChI=1S/C18H31N3O3S.HI/c1-6-19-18(20-11-12-25(5,22)23)21-15(4)16-7-9-17(10-8-16)24-13-14(2)3;/h7-10,14-15H,6,11-13H2,1-5H3,(H2,19,20,21);1H. The van der Waals surface area contributed by atoms with Gasteiger partial charge in [0.25, 0.3) is 0 Å². The number of nitrogens with one attached hydrogen (secondary N) is 2. The molecule has 6 nitrogen and oxygen atoms in total. The molecule has 1 aromatic rings. The molecule has 1 atom stereocenters. The molecule has 1 rings (SSSR count).